The van der Waals surface area contributed by atoms with Crippen molar-refractivity contribution in [3.63, 3.8) is 0 Å². The lowest BCUT2D eigenvalue weighted by Gasteiger charge is -2.08. The number of hydrogen-bond donors (Lipinski definition) is 1. The third-order valence-electron chi connectivity index (χ3n) is 1.31. The summed E-state index contributed by atoms with van der Waals surface area (Å²) in [7, 11) is 3.19. The fourth-order valence-corrected chi connectivity index (χ4v) is 0.575. The highest BCUT2D eigenvalue weighted by Gasteiger charge is 2.05. The van der Waals surface area contributed by atoms with E-state index in [1.54, 1.807) is 21.0 Å². The highest BCUT2D eigenvalue weighted by Crippen LogP contribution is 2.05. The van der Waals surface area contributed by atoms with Crippen molar-refractivity contribution in [3.8, 4) is 0 Å². The van der Waals surface area contributed by atoms with Crippen LogP contribution in [0.25, 0.3) is 0 Å². The van der Waals surface area contributed by atoms with Crippen molar-refractivity contribution in [2.75, 3.05) is 20.7 Å². The lowest BCUT2D eigenvalue weighted by molar-refractivity contribution is -0.123. The van der Waals surface area contributed by atoms with Crippen LogP contribution >= 0.6 is 0 Å². The zero-order valence-corrected chi connectivity index (χ0v) is 8.20. The number of ether oxygens (including phenoxy) is 1. The summed E-state index contributed by atoms with van der Waals surface area (Å²) in [5.41, 5.74) is 0. The maximum Gasteiger partial charge on any atom is 0.249 e. The molecule has 0 fully saturated rings. The molecule has 0 unspecified atom stereocenters. The normalized spacial score (nSPS) is 10.8. The van der Waals surface area contributed by atoms with Crippen molar-refractivity contribution >= 4 is 5.91 Å². The van der Waals surface area contributed by atoms with Crippen LogP contribution in [0.1, 0.15) is 6.92 Å². The average molecular weight is 185 g/mol. The van der Waals surface area contributed by atoms with Gasteiger partial charge in [-0.05, 0) is 6.92 Å². The molecule has 0 aliphatic heterocycles. The number of aliphatic hydroxyl groups excluding tert-OH is 1. The van der Waals surface area contributed by atoms with Gasteiger partial charge in [-0.3, -0.25) is 4.79 Å². The molecule has 0 atom stereocenters. The molecule has 0 aromatic carbocycles. The number of likely N-dealkylation sites (N-methyl/N-ethyl adjacent to an activating group) is 1. The third-order valence-corrected chi connectivity index (χ3v) is 1.31. The van der Waals surface area contributed by atoms with E-state index in [2.05, 4.69) is 6.58 Å². The zero-order valence-electron chi connectivity index (χ0n) is 8.20. The largest absolute Gasteiger partial charge is 0.504 e. The second-order valence-corrected chi connectivity index (χ2v) is 2.62. The van der Waals surface area contributed by atoms with Gasteiger partial charge in [0, 0.05) is 20.2 Å². The smallest absolute Gasteiger partial charge is 0.249 e. The Morgan fingerprint density at radius 3 is 2.54 bits per heavy atom. The first-order valence-corrected chi connectivity index (χ1v) is 3.93. The van der Waals surface area contributed by atoms with Crippen molar-refractivity contribution in [1.29, 1.82) is 0 Å². The van der Waals surface area contributed by atoms with Crippen molar-refractivity contribution < 1.29 is 14.6 Å². The van der Waals surface area contributed by atoms with Gasteiger partial charge < -0.3 is 14.7 Å². The minimum absolute atomic E-state index is 0.109. The molecular formula is C9H15NO3. The number of amides is 1. The maximum atomic E-state index is 11.1. The summed E-state index contributed by atoms with van der Waals surface area (Å²) in [6.07, 6.45) is 1.07. The Morgan fingerprint density at radius 2 is 2.15 bits per heavy atom. The summed E-state index contributed by atoms with van der Waals surface area (Å²) in [6.45, 7) is 5.63. The molecule has 4 heteroatoms. The molecule has 0 aromatic rings. The van der Waals surface area contributed by atoms with E-state index >= 15 is 0 Å². The number of rotatable bonds is 4. The Balaban J connectivity index is 4.31. The first-order chi connectivity index (χ1) is 5.99. The number of hydrogen-bond acceptors (Lipinski definition) is 3. The van der Waals surface area contributed by atoms with Gasteiger partial charge in [-0.2, -0.15) is 0 Å². The summed E-state index contributed by atoms with van der Waals surface area (Å²) in [5, 5.41) is 9.26. The molecule has 1 amide bonds. The van der Waals surface area contributed by atoms with Gasteiger partial charge in [0.2, 0.25) is 5.91 Å². The predicted octanol–water partition coefficient (Wildman–Crippen LogP) is 1.07. The monoisotopic (exact) mass is 185 g/mol. The number of carbonyl (C=O) groups excluding carboxylic acids is 1. The molecule has 0 aromatic heterocycles. The summed E-state index contributed by atoms with van der Waals surface area (Å²) in [5.74, 6) is -0.434. The second kappa shape index (κ2) is 5.24. The lowest BCUT2D eigenvalue weighted by atomic mass is 10.3. The van der Waals surface area contributed by atoms with Gasteiger partial charge in [0.15, 0.2) is 11.5 Å². The topological polar surface area (TPSA) is 49.8 Å². The molecule has 0 saturated carbocycles. The molecule has 0 bridgehead atoms. The first-order valence-electron chi connectivity index (χ1n) is 3.93. The molecule has 1 N–H and O–H groups in total. The highest BCUT2D eigenvalue weighted by atomic mass is 16.5. The van der Waals surface area contributed by atoms with Gasteiger partial charge >= 0.3 is 0 Å². The molecule has 0 heterocycles. The quantitative estimate of drug-likeness (QED) is 0.405. The molecule has 0 spiro atoms. The Labute approximate surface area is 78.1 Å². The molecule has 0 saturated heterocycles. The summed E-state index contributed by atoms with van der Waals surface area (Å²) in [6, 6.07) is 0. The Hall–Kier alpha value is -1.45. The van der Waals surface area contributed by atoms with Crippen molar-refractivity contribution in [2.24, 2.45) is 0 Å². The van der Waals surface area contributed by atoms with Crippen LogP contribution in [0.2, 0.25) is 0 Å². The fourth-order valence-electron chi connectivity index (χ4n) is 0.575. The van der Waals surface area contributed by atoms with E-state index in [0.717, 1.165) is 6.08 Å². The standard InChI is InChI=1S/C9H15NO3/c1-5-13-7(2)8(11)6-9(12)10(3)4/h6,11H,2,5H2,1,3-4H3/b8-6-. The average Bonchev–Trinajstić information content (AvgIpc) is 2.04. The Kier molecular flexibility index (Phi) is 4.66. The predicted molar refractivity (Wildman–Crippen MR) is 50.2 cm³/mol. The SMILES string of the molecule is C=C(OCC)/C(O)=C/C(=O)N(C)C. The van der Waals surface area contributed by atoms with Gasteiger partial charge in [-0.1, -0.05) is 6.58 Å². The Bertz CT molecular complexity index is 231. The molecule has 0 rings (SSSR count). The summed E-state index contributed by atoms with van der Waals surface area (Å²) >= 11 is 0. The van der Waals surface area contributed by atoms with Gasteiger partial charge in [0.05, 0.1) is 6.61 Å². The molecule has 0 aliphatic rings. The van der Waals surface area contributed by atoms with E-state index in [-0.39, 0.29) is 17.4 Å². The van der Waals surface area contributed by atoms with E-state index < -0.39 is 0 Å². The van der Waals surface area contributed by atoms with Crippen molar-refractivity contribution in [2.45, 2.75) is 6.92 Å². The minimum atomic E-state index is -0.307. The molecule has 13 heavy (non-hydrogen) atoms. The van der Waals surface area contributed by atoms with E-state index in [0.29, 0.717) is 6.61 Å². The summed E-state index contributed by atoms with van der Waals surface area (Å²) < 4.78 is 4.90. The maximum absolute atomic E-state index is 11.1. The van der Waals surface area contributed by atoms with Crippen LogP contribution in [0.15, 0.2) is 24.2 Å². The van der Waals surface area contributed by atoms with E-state index in [4.69, 9.17) is 4.74 Å². The highest BCUT2D eigenvalue weighted by molar-refractivity contribution is 5.88. The van der Waals surface area contributed by atoms with Crippen LogP contribution in [0, 0.1) is 0 Å². The van der Waals surface area contributed by atoms with Crippen LogP contribution in [0.5, 0.6) is 0 Å². The van der Waals surface area contributed by atoms with Crippen molar-refractivity contribution in [3.05, 3.63) is 24.2 Å². The van der Waals surface area contributed by atoms with Crippen molar-refractivity contribution in [1.82, 2.24) is 4.90 Å². The number of carbonyl (C=O) groups is 1. The number of nitrogens with zero attached hydrogens (tertiary/aromatic N) is 1. The molecule has 74 valence electrons. The molecule has 0 aliphatic carbocycles. The van der Waals surface area contributed by atoms with Crippen LogP contribution in [0.4, 0.5) is 0 Å². The molecular weight excluding hydrogens is 170 g/mol. The van der Waals surface area contributed by atoms with Crippen LogP contribution in [-0.2, 0) is 9.53 Å². The van der Waals surface area contributed by atoms with E-state index in [9.17, 15) is 9.90 Å². The molecule has 4 nitrogen and oxygen atoms in total. The third kappa shape index (κ3) is 4.20. The van der Waals surface area contributed by atoms with E-state index in [1.807, 2.05) is 0 Å². The van der Waals surface area contributed by atoms with E-state index in [1.165, 1.54) is 4.90 Å². The lowest BCUT2D eigenvalue weighted by Crippen LogP contribution is -2.19. The van der Waals surface area contributed by atoms with Gasteiger partial charge in [-0.25, -0.2) is 0 Å². The van der Waals surface area contributed by atoms with Crippen LogP contribution < -0.4 is 0 Å². The van der Waals surface area contributed by atoms with Crippen LogP contribution in [0.3, 0.4) is 0 Å². The van der Waals surface area contributed by atoms with Gasteiger partial charge in [0.25, 0.3) is 0 Å². The first kappa shape index (κ1) is 11.6. The summed E-state index contributed by atoms with van der Waals surface area (Å²) in [4.78, 5) is 12.4. The molecule has 0 radical (unpaired) electrons. The zero-order chi connectivity index (χ0) is 10.4. The van der Waals surface area contributed by atoms with Crippen LogP contribution in [-0.4, -0.2) is 36.6 Å². The second-order valence-electron chi connectivity index (χ2n) is 2.62. The van der Waals surface area contributed by atoms with Gasteiger partial charge in [0.1, 0.15) is 0 Å². The van der Waals surface area contributed by atoms with Gasteiger partial charge in [-0.15, -0.1) is 0 Å². The minimum Gasteiger partial charge on any atom is -0.504 e. The fraction of sp³-hybridized carbons (Fsp3) is 0.444. The number of aliphatic hydroxyl groups is 1. The Morgan fingerprint density at radius 1 is 1.62 bits per heavy atom.